The van der Waals surface area contributed by atoms with E-state index < -0.39 is 0 Å². The minimum Gasteiger partial charge on any atom is -0.308 e. The van der Waals surface area contributed by atoms with E-state index in [1.165, 1.54) is 25.6 Å². The summed E-state index contributed by atoms with van der Waals surface area (Å²) in [5, 5.41) is 3.78. The van der Waals surface area contributed by atoms with Crippen molar-refractivity contribution in [1.82, 2.24) is 24.5 Å². The maximum atomic E-state index is 4.84. The van der Waals surface area contributed by atoms with E-state index in [1.54, 1.807) is 6.33 Å². The first-order valence-corrected chi connectivity index (χ1v) is 13.2. The van der Waals surface area contributed by atoms with Crippen LogP contribution in [0.2, 0.25) is 0 Å². The summed E-state index contributed by atoms with van der Waals surface area (Å²) in [5.74, 6) is 1.32. The molecular weight excluding hydrogens is 486 g/mol. The van der Waals surface area contributed by atoms with E-state index in [9.17, 15) is 0 Å². The lowest BCUT2D eigenvalue weighted by molar-refractivity contribution is 1.06. The molecule has 0 bridgehead atoms. The topological polar surface area (TPSA) is 56.5 Å². The molecule has 178 valence electrons. The number of aromatic nitrogens is 5. The van der Waals surface area contributed by atoms with Gasteiger partial charge in [-0.2, -0.15) is 0 Å². The number of nitrogens with zero attached hydrogens (tertiary/aromatic N) is 5. The first-order valence-electron chi connectivity index (χ1n) is 12.4. The van der Waals surface area contributed by atoms with Crippen molar-refractivity contribution in [2.75, 3.05) is 0 Å². The molecule has 4 aromatic heterocycles. The monoisotopic (exact) mass is 505 g/mol. The second-order valence-corrected chi connectivity index (χ2v) is 10.2. The predicted molar refractivity (Wildman–Crippen MR) is 156 cm³/mol. The van der Waals surface area contributed by atoms with Gasteiger partial charge in [0.2, 0.25) is 0 Å². The number of fused-ring (bicyclic) bond motifs is 7. The number of benzene rings is 4. The summed E-state index contributed by atoms with van der Waals surface area (Å²) in [6.07, 6.45) is 3.46. The van der Waals surface area contributed by atoms with Crippen LogP contribution in [0.25, 0.3) is 70.6 Å². The van der Waals surface area contributed by atoms with Crippen LogP contribution in [-0.4, -0.2) is 24.5 Å². The van der Waals surface area contributed by atoms with Crippen LogP contribution in [0.5, 0.6) is 0 Å². The summed E-state index contributed by atoms with van der Waals surface area (Å²) in [6, 6.07) is 35.6. The molecule has 8 rings (SSSR count). The Morgan fingerprint density at radius 3 is 2.18 bits per heavy atom. The fraction of sp³-hybridized carbons (Fsp3) is 0. The van der Waals surface area contributed by atoms with E-state index in [-0.39, 0.29) is 0 Å². The zero-order chi connectivity index (χ0) is 25.1. The van der Waals surface area contributed by atoms with Crippen LogP contribution in [-0.2, 0) is 0 Å². The summed E-state index contributed by atoms with van der Waals surface area (Å²) >= 11 is 1.84. The third kappa shape index (κ3) is 3.17. The summed E-state index contributed by atoms with van der Waals surface area (Å²) in [7, 11) is 0. The predicted octanol–water partition coefficient (Wildman–Crippen LogP) is 8.07. The second-order valence-electron chi connectivity index (χ2n) is 9.19. The van der Waals surface area contributed by atoms with Gasteiger partial charge >= 0.3 is 0 Å². The molecule has 38 heavy (non-hydrogen) atoms. The summed E-state index contributed by atoms with van der Waals surface area (Å²) < 4.78 is 4.87. The zero-order valence-electron chi connectivity index (χ0n) is 20.1. The Morgan fingerprint density at radius 2 is 1.34 bits per heavy atom. The van der Waals surface area contributed by atoms with Crippen molar-refractivity contribution < 1.29 is 0 Å². The van der Waals surface area contributed by atoms with Gasteiger partial charge in [0, 0.05) is 48.6 Å². The van der Waals surface area contributed by atoms with E-state index in [0.717, 1.165) is 33.4 Å². The summed E-state index contributed by atoms with van der Waals surface area (Å²) in [4.78, 5) is 18.4. The Morgan fingerprint density at radius 1 is 0.579 bits per heavy atom. The van der Waals surface area contributed by atoms with Gasteiger partial charge in [-0.25, -0.2) is 15.0 Å². The number of rotatable bonds is 3. The SMILES string of the molecule is c1ccc(-c2ncnc(-c3ccc(-n4c5cccnc5c5c6sc7ccccc7c6ccc54)cc3)n2)cc1. The number of thiophene rings is 1. The molecule has 0 saturated heterocycles. The molecule has 0 aliphatic heterocycles. The molecule has 0 spiro atoms. The fourth-order valence-electron chi connectivity index (χ4n) is 5.29. The molecule has 0 aliphatic rings. The number of hydrogen-bond acceptors (Lipinski definition) is 5. The minimum atomic E-state index is 0.654. The standard InChI is InChI=1S/C32H19N5S/c1-2-7-20(8-3-1)31-34-19-35-32(36-31)21-12-14-22(15-13-21)37-25-17-16-24-23-9-4-5-11-27(23)38-30(24)28(25)29-26(37)10-6-18-33-29/h1-19H. The van der Waals surface area contributed by atoms with E-state index in [0.29, 0.717) is 11.6 Å². The molecule has 0 aliphatic carbocycles. The first-order chi connectivity index (χ1) is 18.8. The van der Waals surface area contributed by atoms with E-state index in [2.05, 4.69) is 81.3 Å². The van der Waals surface area contributed by atoms with E-state index in [4.69, 9.17) is 9.97 Å². The Kier molecular flexibility index (Phi) is 4.62. The van der Waals surface area contributed by atoms with Crippen molar-refractivity contribution in [3.8, 4) is 28.5 Å². The Labute approximate surface area is 221 Å². The third-order valence-corrected chi connectivity index (χ3v) is 8.22. The van der Waals surface area contributed by atoms with Crippen molar-refractivity contribution in [3.63, 3.8) is 0 Å². The van der Waals surface area contributed by atoms with Crippen LogP contribution in [0.1, 0.15) is 0 Å². The second kappa shape index (κ2) is 8.30. The highest BCUT2D eigenvalue weighted by molar-refractivity contribution is 7.26. The molecule has 0 saturated carbocycles. The molecule has 8 aromatic rings. The van der Waals surface area contributed by atoms with Crippen LogP contribution in [0.15, 0.2) is 116 Å². The van der Waals surface area contributed by atoms with Gasteiger partial charge in [0.1, 0.15) is 6.33 Å². The van der Waals surface area contributed by atoms with Gasteiger partial charge in [0.15, 0.2) is 11.6 Å². The van der Waals surface area contributed by atoms with Crippen molar-refractivity contribution in [1.29, 1.82) is 0 Å². The maximum Gasteiger partial charge on any atom is 0.163 e. The molecule has 0 N–H and O–H groups in total. The highest BCUT2D eigenvalue weighted by Gasteiger charge is 2.18. The largest absolute Gasteiger partial charge is 0.308 e. The molecule has 0 fully saturated rings. The van der Waals surface area contributed by atoms with Crippen LogP contribution >= 0.6 is 11.3 Å². The molecule has 0 radical (unpaired) electrons. The zero-order valence-corrected chi connectivity index (χ0v) is 20.9. The first kappa shape index (κ1) is 21.2. The third-order valence-electron chi connectivity index (χ3n) is 7.02. The van der Waals surface area contributed by atoms with Crippen LogP contribution in [0, 0.1) is 0 Å². The highest BCUT2D eigenvalue weighted by atomic mass is 32.1. The van der Waals surface area contributed by atoms with Crippen LogP contribution in [0.4, 0.5) is 0 Å². The molecule has 0 atom stereocenters. The lowest BCUT2D eigenvalue weighted by Crippen LogP contribution is -1.97. The average Bonchev–Trinajstić information content (AvgIpc) is 3.54. The number of pyridine rings is 1. The van der Waals surface area contributed by atoms with Gasteiger partial charge in [-0.15, -0.1) is 11.3 Å². The Bertz CT molecular complexity index is 2130. The lowest BCUT2D eigenvalue weighted by atomic mass is 10.1. The molecular formula is C32H19N5S. The van der Waals surface area contributed by atoms with Crippen molar-refractivity contribution in [2.24, 2.45) is 0 Å². The van der Waals surface area contributed by atoms with Gasteiger partial charge in [-0.3, -0.25) is 4.98 Å². The summed E-state index contributed by atoms with van der Waals surface area (Å²) in [5.41, 5.74) is 6.24. The molecule has 4 heterocycles. The Hall–Kier alpha value is -4.94. The van der Waals surface area contributed by atoms with Gasteiger partial charge < -0.3 is 4.57 Å². The average molecular weight is 506 g/mol. The van der Waals surface area contributed by atoms with Gasteiger partial charge in [0.25, 0.3) is 0 Å². The lowest BCUT2D eigenvalue weighted by Gasteiger charge is -2.09. The van der Waals surface area contributed by atoms with Crippen LogP contribution < -0.4 is 0 Å². The molecule has 0 amide bonds. The maximum absolute atomic E-state index is 4.84. The molecule has 5 nitrogen and oxygen atoms in total. The minimum absolute atomic E-state index is 0.654. The van der Waals surface area contributed by atoms with Crippen LogP contribution in [0.3, 0.4) is 0 Å². The van der Waals surface area contributed by atoms with E-state index in [1.807, 2.05) is 53.9 Å². The normalized spacial score (nSPS) is 11.7. The fourth-order valence-corrected chi connectivity index (χ4v) is 6.54. The van der Waals surface area contributed by atoms with Gasteiger partial charge in [-0.1, -0.05) is 54.6 Å². The number of hydrogen-bond donors (Lipinski definition) is 0. The Balaban J connectivity index is 1.30. The smallest absolute Gasteiger partial charge is 0.163 e. The molecule has 0 unspecified atom stereocenters. The summed E-state index contributed by atoms with van der Waals surface area (Å²) in [6.45, 7) is 0. The van der Waals surface area contributed by atoms with Crippen molar-refractivity contribution >= 4 is 53.4 Å². The highest BCUT2D eigenvalue weighted by Crippen LogP contribution is 2.42. The quantitative estimate of drug-likeness (QED) is 0.244. The van der Waals surface area contributed by atoms with Gasteiger partial charge in [0.05, 0.1) is 16.6 Å². The van der Waals surface area contributed by atoms with Gasteiger partial charge in [-0.05, 0) is 48.5 Å². The van der Waals surface area contributed by atoms with Crippen molar-refractivity contribution in [3.05, 3.63) is 116 Å². The van der Waals surface area contributed by atoms with E-state index >= 15 is 0 Å². The van der Waals surface area contributed by atoms with Crippen molar-refractivity contribution in [2.45, 2.75) is 0 Å². The molecule has 4 aromatic carbocycles. The molecule has 6 heteroatoms.